The zero-order valence-electron chi connectivity index (χ0n) is 40.9. The molecule has 1 amide bonds. The average molecular weight is 860 g/mol. The second-order valence-electron chi connectivity index (χ2n) is 18.6. The van der Waals surface area contributed by atoms with E-state index in [1.54, 1.807) is 0 Å². The summed E-state index contributed by atoms with van der Waals surface area (Å²) in [7, 11) is 0. The number of allylic oxidation sites excluding steroid dienone is 4. The zero-order valence-corrected chi connectivity index (χ0v) is 40.9. The summed E-state index contributed by atoms with van der Waals surface area (Å²) in [6, 6.07) is -0.554. The third-order valence-corrected chi connectivity index (χ3v) is 12.5. The van der Waals surface area contributed by atoms with Crippen molar-refractivity contribution in [3.05, 3.63) is 24.3 Å². The van der Waals surface area contributed by atoms with Crippen molar-refractivity contribution in [1.29, 1.82) is 0 Å². The lowest BCUT2D eigenvalue weighted by Gasteiger charge is -2.22. The largest absolute Gasteiger partial charge is 0.466 e. The van der Waals surface area contributed by atoms with Crippen LogP contribution < -0.4 is 5.32 Å². The molecule has 0 aromatic rings. The van der Waals surface area contributed by atoms with E-state index in [4.69, 9.17) is 4.74 Å². The van der Waals surface area contributed by atoms with Crippen molar-refractivity contribution in [3.63, 3.8) is 0 Å². The van der Waals surface area contributed by atoms with Crippen LogP contribution in [0.4, 0.5) is 0 Å². The van der Waals surface area contributed by atoms with Gasteiger partial charge in [0, 0.05) is 12.8 Å². The lowest BCUT2D eigenvalue weighted by atomic mass is 10.0. The Bertz CT molecular complexity index is 951. The van der Waals surface area contributed by atoms with E-state index in [2.05, 4.69) is 43.5 Å². The van der Waals surface area contributed by atoms with Crippen molar-refractivity contribution >= 4 is 11.9 Å². The summed E-state index contributed by atoms with van der Waals surface area (Å²) in [5, 5.41) is 23.3. The summed E-state index contributed by atoms with van der Waals surface area (Å²) in [5.41, 5.74) is 0. The molecular formula is C55H105NO5. The van der Waals surface area contributed by atoms with E-state index < -0.39 is 12.1 Å². The molecule has 0 spiro atoms. The summed E-state index contributed by atoms with van der Waals surface area (Å²) in [5.74, 6) is -0.0725. The monoisotopic (exact) mass is 860 g/mol. The molecule has 0 aromatic carbocycles. The van der Waals surface area contributed by atoms with Crippen LogP contribution >= 0.6 is 0 Å². The summed E-state index contributed by atoms with van der Waals surface area (Å²) in [6.45, 7) is 4.90. The third-order valence-electron chi connectivity index (χ3n) is 12.5. The van der Waals surface area contributed by atoms with E-state index in [0.717, 1.165) is 70.6 Å². The van der Waals surface area contributed by atoms with Crippen LogP contribution in [-0.2, 0) is 14.3 Å². The number of hydrogen-bond donors (Lipinski definition) is 3. The first-order chi connectivity index (χ1) is 30.0. The fourth-order valence-electron chi connectivity index (χ4n) is 8.32. The van der Waals surface area contributed by atoms with E-state index in [1.807, 2.05) is 0 Å². The minimum absolute atomic E-state index is 0.0224. The van der Waals surface area contributed by atoms with Gasteiger partial charge in [0.15, 0.2) is 0 Å². The summed E-state index contributed by atoms with van der Waals surface area (Å²) >= 11 is 0. The molecule has 0 radical (unpaired) electrons. The molecule has 6 heteroatoms. The molecule has 0 heterocycles. The number of esters is 1. The van der Waals surface area contributed by atoms with Crippen molar-refractivity contribution in [2.75, 3.05) is 13.2 Å². The van der Waals surface area contributed by atoms with Gasteiger partial charge in [-0.05, 0) is 57.8 Å². The van der Waals surface area contributed by atoms with Crippen LogP contribution in [-0.4, -0.2) is 47.4 Å². The topological polar surface area (TPSA) is 95.9 Å². The molecule has 0 aromatic heterocycles. The number of unbranched alkanes of at least 4 members (excludes halogenated alkanes) is 35. The maximum Gasteiger partial charge on any atom is 0.305 e. The number of aliphatic hydroxyl groups is 2. The third kappa shape index (κ3) is 47.7. The molecule has 2 atom stereocenters. The van der Waals surface area contributed by atoms with Crippen LogP contribution in [0.2, 0.25) is 0 Å². The van der Waals surface area contributed by atoms with E-state index in [9.17, 15) is 19.8 Å². The van der Waals surface area contributed by atoms with Crippen molar-refractivity contribution in [1.82, 2.24) is 5.32 Å². The molecule has 6 nitrogen and oxygen atoms in total. The molecule has 0 rings (SSSR count). The van der Waals surface area contributed by atoms with Gasteiger partial charge in [0.2, 0.25) is 5.91 Å². The predicted octanol–water partition coefficient (Wildman–Crippen LogP) is 16.3. The molecule has 0 bridgehead atoms. The predicted molar refractivity (Wildman–Crippen MR) is 264 cm³/mol. The highest BCUT2D eigenvalue weighted by Gasteiger charge is 2.20. The average Bonchev–Trinajstić information content (AvgIpc) is 3.26. The van der Waals surface area contributed by atoms with Crippen LogP contribution in [0.3, 0.4) is 0 Å². The Morgan fingerprint density at radius 2 is 0.820 bits per heavy atom. The molecule has 61 heavy (non-hydrogen) atoms. The number of carbonyl (C=O) groups excluding carboxylic acids is 2. The van der Waals surface area contributed by atoms with Gasteiger partial charge in [-0.3, -0.25) is 9.59 Å². The lowest BCUT2D eigenvalue weighted by molar-refractivity contribution is -0.143. The van der Waals surface area contributed by atoms with Crippen LogP contribution in [0, 0.1) is 0 Å². The summed E-state index contributed by atoms with van der Waals surface area (Å²) in [4.78, 5) is 24.5. The molecule has 0 aliphatic carbocycles. The van der Waals surface area contributed by atoms with Crippen LogP contribution in [0.15, 0.2) is 24.3 Å². The number of aliphatic hydroxyl groups excluding tert-OH is 2. The Kier molecular flexibility index (Phi) is 49.6. The van der Waals surface area contributed by atoms with Crippen molar-refractivity contribution in [3.8, 4) is 0 Å². The van der Waals surface area contributed by atoms with Crippen LogP contribution in [0.25, 0.3) is 0 Å². The molecule has 0 saturated heterocycles. The lowest BCUT2D eigenvalue weighted by Crippen LogP contribution is -2.45. The molecule has 360 valence electrons. The maximum absolute atomic E-state index is 12.5. The standard InChI is InChI=1S/C55H105NO5/c1-3-5-7-9-11-13-15-17-19-21-23-27-31-35-39-43-47-53(58)52(51-57)56-54(59)48-44-40-36-32-28-25-26-30-34-38-42-46-50-61-55(60)49-45-41-37-33-29-24-22-20-18-16-14-12-10-8-6-4-2/h14,16,20,22,52-53,57-58H,3-13,15,17-19,21,23-51H2,1-2H3,(H,56,59)/b16-14-,22-20-. The van der Waals surface area contributed by atoms with Gasteiger partial charge in [0.1, 0.15) is 0 Å². The molecule has 0 aliphatic rings. The Labute approximate surface area is 380 Å². The van der Waals surface area contributed by atoms with E-state index in [0.29, 0.717) is 25.9 Å². The Hall–Kier alpha value is -1.66. The second-order valence-corrected chi connectivity index (χ2v) is 18.6. The molecule has 2 unspecified atom stereocenters. The fraction of sp³-hybridized carbons (Fsp3) is 0.891. The number of nitrogens with one attached hydrogen (secondary N) is 1. The van der Waals surface area contributed by atoms with Gasteiger partial charge in [-0.1, -0.05) is 244 Å². The first-order valence-corrected chi connectivity index (χ1v) is 27.1. The molecule has 0 fully saturated rings. The highest BCUT2D eigenvalue weighted by molar-refractivity contribution is 5.76. The second kappa shape index (κ2) is 51.0. The van der Waals surface area contributed by atoms with Gasteiger partial charge in [0.25, 0.3) is 0 Å². The van der Waals surface area contributed by atoms with Gasteiger partial charge < -0.3 is 20.3 Å². The zero-order chi connectivity index (χ0) is 44.4. The van der Waals surface area contributed by atoms with E-state index >= 15 is 0 Å². The van der Waals surface area contributed by atoms with Gasteiger partial charge >= 0.3 is 5.97 Å². The minimum Gasteiger partial charge on any atom is -0.466 e. The SMILES string of the molecule is CCCCCC/C=C\C/C=C\CCCCCCCC(=O)OCCCCCCCCCCCCCCC(=O)NC(CO)C(O)CCCCCCCCCCCCCCCCCC. The first-order valence-electron chi connectivity index (χ1n) is 27.1. The van der Waals surface area contributed by atoms with Gasteiger partial charge in [-0.2, -0.15) is 0 Å². The molecular weight excluding hydrogens is 755 g/mol. The van der Waals surface area contributed by atoms with Crippen LogP contribution in [0.1, 0.15) is 290 Å². The van der Waals surface area contributed by atoms with E-state index in [-0.39, 0.29) is 18.5 Å². The number of amides is 1. The Morgan fingerprint density at radius 3 is 1.26 bits per heavy atom. The fourth-order valence-corrected chi connectivity index (χ4v) is 8.32. The number of hydrogen-bond acceptors (Lipinski definition) is 5. The summed E-state index contributed by atoms with van der Waals surface area (Å²) in [6.07, 6.45) is 60.0. The maximum atomic E-state index is 12.5. The van der Waals surface area contributed by atoms with Gasteiger partial charge in [-0.15, -0.1) is 0 Å². The number of rotatable bonds is 50. The van der Waals surface area contributed by atoms with E-state index in [1.165, 1.54) is 186 Å². The molecule has 3 N–H and O–H groups in total. The van der Waals surface area contributed by atoms with Gasteiger partial charge in [0.05, 0.1) is 25.4 Å². The number of ether oxygens (including phenoxy) is 1. The quantitative estimate of drug-likeness (QED) is 0.0322. The number of carbonyl (C=O) groups is 2. The minimum atomic E-state index is -0.675. The Balaban J connectivity index is 3.47. The van der Waals surface area contributed by atoms with Crippen molar-refractivity contribution in [2.45, 2.75) is 302 Å². The highest BCUT2D eigenvalue weighted by atomic mass is 16.5. The molecule has 0 aliphatic heterocycles. The highest BCUT2D eigenvalue weighted by Crippen LogP contribution is 2.17. The smallest absolute Gasteiger partial charge is 0.305 e. The van der Waals surface area contributed by atoms with Crippen molar-refractivity contribution < 1.29 is 24.5 Å². The van der Waals surface area contributed by atoms with Crippen molar-refractivity contribution in [2.24, 2.45) is 0 Å². The summed E-state index contributed by atoms with van der Waals surface area (Å²) < 4.78 is 5.46. The van der Waals surface area contributed by atoms with Gasteiger partial charge in [-0.25, -0.2) is 0 Å². The first kappa shape index (κ1) is 59.3. The normalized spacial score (nSPS) is 12.8. The van der Waals surface area contributed by atoms with Crippen LogP contribution in [0.5, 0.6) is 0 Å². The molecule has 0 saturated carbocycles. The Morgan fingerprint density at radius 1 is 0.459 bits per heavy atom.